The molecular formula is C16H12FN3O. The van der Waals surface area contributed by atoms with E-state index in [1.165, 1.54) is 24.3 Å². The van der Waals surface area contributed by atoms with E-state index in [9.17, 15) is 4.39 Å². The Labute approximate surface area is 120 Å². The molecule has 0 aliphatic rings. The molecule has 0 aliphatic heterocycles. The Morgan fingerprint density at radius 1 is 1.10 bits per heavy atom. The molecule has 0 bridgehead atoms. The van der Waals surface area contributed by atoms with Crippen LogP contribution in [0, 0.1) is 11.2 Å². The van der Waals surface area contributed by atoms with Crippen LogP contribution in [0.4, 0.5) is 4.39 Å². The van der Waals surface area contributed by atoms with E-state index in [0.29, 0.717) is 11.3 Å². The molecule has 4 nitrogen and oxygen atoms in total. The van der Waals surface area contributed by atoms with Crippen molar-refractivity contribution < 1.29 is 9.13 Å². The van der Waals surface area contributed by atoms with Gasteiger partial charge in [0.05, 0.1) is 11.1 Å². The number of nitrogens with zero attached hydrogens (tertiary/aromatic N) is 1. The second-order valence-electron chi connectivity index (χ2n) is 4.50. The van der Waals surface area contributed by atoms with Gasteiger partial charge in [-0.1, -0.05) is 18.2 Å². The molecule has 0 atom stereocenters. The molecule has 5 heteroatoms. The van der Waals surface area contributed by atoms with E-state index in [1.807, 2.05) is 24.3 Å². The summed E-state index contributed by atoms with van der Waals surface area (Å²) in [5.41, 5.74) is 6.72. The van der Waals surface area contributed by atoms with Gasteiger partial charge in [-0.25, -0.2) is 9.37 Å². The number of para-hydroxylation sites is 1. The highest BCUT2D eigenvalue weighted by molar-refractivity contribution is 6.00. The van der Waals surface area contributed by atoms with Crippen molar-refractivity contribution in [2.45, 2.75) is 0 Å². The number of rotatable bonds is 3. The Morgan fingerprint density at radius 3 is 2.52 bits per heavy atom. The van der Waals surface area contributed by atoms with Gasteiger partial charge in [0, 0.05) is 5.39 Å². The maximum absolute atomic E-state index is 12.9. The van der Waals surface area contributed by atoms with Gasteiger partial charge >= 0.3 is 0 Å². The first-order valence-electron chi connectivity index (χ1n) is 6.31. The topological polar surface area (TPSA) is 72.0 Å². The third-order valence-electron chi connectivity index (χ3n) is 3.01. The zero-order valence-corrected chi connectivity index (χ0v) is 11.0. The van der Waals surface area contributed by atoms with E-state index in [1.54, 1.807) is 6.07 Å². The summed E-state index contributed by atoms with van der Waals surface area (Å²) >= 11 is 0. The Hall–Kier alpha value is -2.95. The zero-order valence-electron chi connectivity index (χ0n) is 11.0. The highest BCUT2D eigenvalue weighted by Crippen LogP contribution is 2.26. The molecule has 0 fully saturated rings. The number of benzene rings is 2. The average Bonchev–Trinajstić information content (AvgIpc) is 2.48. The van der Waals surface area contributed by atoms with Crippen molar-refractivity contribution in [3.63, 3.8) is 0 Å². The van der Waals surface area contributed by atoms with Gasteiger partial charge in [-0.3, -0.25) is 5.41 Å². The van der Waals surface area contributed by atoms with Gasteiger partial charge in [0.2, 0.25) is 5.88 Å². The van der Waals surface area contributed by atoms with Crippen molar-refractivity contribution in [1.82, 2.24) is 4.98 Å². The number of nitrogens with two attached hydrogens (primary N) is 1. The van der Waals surface area contributed by atoms with Gasteiger partial charge in [0.25, 0.3) is 0 Å². The fraction of sp³-hybridized carbons (Fsp3) is 0. The van der Waals surface area contributed by atoms with Crippen molar-refractivity contribution in [1.29, 1.82) is 5.41 Å². The SMILES string of the molecule is N=C(N)c1cc2ccccc2nc1Oc1ccc(F)cc1. The van der Waals surface area contributed by atoms with Crippen LogP contribution in [0.25, 0.3) is 10.9 Å². The molecule has 3 aromatic rings. The zero-order chi connectivity index (χ0) is 14.8. The van der Waals surface area contributed by atoms with Crippen LogP contribution in [0.5, 0.6) is 11.6 Å². The van der Waals surface area contributed by atoms with E-state index in [0.717, 1.165) is 10.9 Å². The molecule has 104 valence electrons. The molecule has 3 rings (SSSR count). The minimum absolute atomic E-state index is 0.134. The Kier molecular flexibility index (Phi) is 3.23. The second kappa shape index (κ2) is 5.20. The van der Waals surface area contributed by atoms with Crippen LogP contribution in [0.1, 0.15) is 5.56 Å². The predicted molar refractivity (Wildman–Crippen MR) is 79.2 cm³/mol. The number of ether oxygens (including phenoxy) is 1. The maximum atomic E-state index is 12.9. The fourth-order valence-corrected chi connectivity index (χ4v) is 1.98. The van der Waals surface area contributed by atoms with Gasteiger partial charge < -0.3 is 10.5 Å². The molecule has 0 amide bonds. The van der Waals surface area contributed by atoms with Crippen molar-refractivity contribution >= 4 is 16.7 Å². The molecule has 0 spiro atoms. The number of halogens is 1. The number of hydrogen-bond acceptors (Lipinski definition) is 3. The number of hydrogen-bond donors (Lipinski definition) is 2. The van der Waals surface area contributed by atoms with Crippen LogP contribution < -0.4 is 10.5 Å². The number of nitrogen functional groups attached to an aromatic ring is 1. The third kappa shape index (κ3) is 2.67. The van der Waals surface area contributed by atoms with E-state index >= 15 is 0 Å². The monoisotopic (exact) mass is 281 g/mol. The molecule has 0 aliphatic carbocycles. The molecular weight excluding hydrogens is 269 g/mol. The largest absolute Gasteiger partial charge is 0.438 e. The summed E-state index contributed by atoms with van der Waals surface area (Å²) in [6, 6.07) is 14.8. The third-order valence-corrected chi connectivity index (χ3v) is 3.01. The van der Waals surface area contributed by atoms with Crippen molar-refractivity contribution in [3.8, 4) is 11.6 Å². The van der Waals surface area contributed by atoms with Crippen molar-refractivity contribution in [2.75, 3.05) is 0 Å². The van der Waals surface area contributed by atoms with Gasteiger partial charge in [-0.05, 0) is 36.4 Å². The Bertz CT molecular complexity index is 815. The summed E-state index contributed by atoms with van der Waals surface area (Å²) in [5, 5.41) is 8.52. The molecule has 21 heavy (non-hydrogen) atoms. The highest BCUT2D eigenvalue weighted by atomic mass is 19.1. The summed E-state index contributed by atoms with van der Waals surface area (Å²) in [7, 11) is 0. The Balaban J connectivity index is 2.09. The van der Waals surface area contributed by atoms with Crippen LogP contribution in [-0.4, -0.2) is 10.8 Å². The average molecular weight is 281 g/mol. The molecule has 1 heterocycles. The van der Waals surface area contributed by atoms with Crippen LogP contribution in [0.3, 0.4) is 0 Å². The van der Waals surface area contributed by atoms with Gasteiger partial charge in [-0.2, -0.15) is 0 Å². The standard InChI is InChI=1S/C16H12FN3O/c17-11-5-7-12(8-6-11)21-16-13(15(18)19)9-10-3-1-2-4-14(10)20-16/h1-9H,(H3,18,19). The molecule has 0 saturated heterocycles. The summed E-state index contributed by atoms with van der Waals surface area (Å²) in [6.45, 7) is 0. The van der Waals surface area contributed by atoms with E-state index in [-0.39, 0.29) is 17.5 Å². The Morgan fingerprint density at radius 2 is 1.81 bits per heavy atom. The first-order chi connectivity index (χ1) is 10.1. The molecule has 2 aromatic carbocycles. The number of aromatic nitrogens is 1. The van der Waals surface area contributed by atoms with Crippen molar-refractivity contribution in [3.05, 3.63) is 66.0 Å². The minimum Gasteiger partial charge on any atom is -0.438 e. The van der Waals surface area contributed by atoms with Crippen LogP contribution in [0.2, 0.25) is 0 Å². The van der Waals surface area contributed by atoms with Crippen LogP contribution in [-0.2, 0) is 0 Å². The minimum atomic E-state index is -0.347. The lowest BCUT2D eigenvalue weighted by Gasteiger charge is -2.10. The lowest BCUT2D eigenvalue weighted by molar-refractivity contribution is 0.462. The first-order valence-corrected chi connectivity index (χ1v) is 6.31. The first kappa shape index (κ1) is 13.1. The molecule has 0 radical (unpaired) electrons. The quantitative estimate of drug-likeness (QED) is 0.570. The van der Waals surface area contributed by atoms with Crippen LogP contribution in [0.15, 0.2) is 54.6 Å². The van der Waals surface area contributed by atoms with E-state index < -0.39 is 0 Å². The van der Waals surface area contributed by atoms with Gasteiger partial charge in [0.1, 0.15) is 17.4 Å². The molecule has 0 unspecified atom stereocenters. The molecule has 0 saturated carbocycles. The van der Waals surface area contributed by atoms with E-state index in [2.05, 4.69) is 4.98 Å². The lowest BCUT2D eigenvalue weighted by atomic mass is 10.1. The predicted octanol–water partition coefficient (Wildman–Crippen LogP) is 3.45. The summed E-state index contributed by atoms with van der Waals surface area (Å²) in [4.78, 5) is 4.38. The van der Waals surface area contributed by atoms with Gasteiger partial charge in [0.15, 0.2) is 0 Å². The van der Waals surface area contributed by atoms with Crippen LogP contribution >= 0.6 is 0 Å². The highest BCUT2D eigenvalue weighted by Gasteiger charge is 2.11. The molecule has 3 N–H and O–H groups in total. The van der Waals surface area contributed by atoms with Gasteiger partial charge in [-0.15, -0.1) is 0 Å². The number of pyridine rings is 1. The summed E-state index contributed by atoms with van der Waals surface area (Å²) < 4.78 is 18.6. The maximum Gasteiger partial charge on any atom is 0.230 e. The van der Waals surface area contributed by atoms with Crippen molar-refractivity contribution in [2.24, 2.45) is 5.73 Å². The summed E-state index contributed by atoms with van der Waals surface area (Å²) in [5.74, 6) is 0.181. The number of fused-ring (bicyclic) bond motifs is 1. The molecule has 1 aromatic heterocycles. The summed E-state index contributed by atoms with van der Waals surface area (Å²) in [6.07, 6.45) is 0. The number of nitrogens with one attached hydrogen (secondary N) is 1. The lowest BCUT2D eigenvalue weighted by Crippen LogP contribution is -2.13. The number of amidine groups is 1. The smallest absolute Gasteiger partial charge is 0.230 e. The fourth-order valence-electron chi connectivity index (χ4n) is 1.98. The second-order valence-corrected chi connectivity index (χ2v) is 4.50. The van der Waals surface area contributed by atoms with E-state index in [4.69, 9.17) is 15.9 Å². The normalized spacial score (nSPS) is 10.5.